The van der Waals surface area contributed by atoms with Crippen LogP contribution in [0.5, 0.6) is 0 Å². The van der Waals surface area contributed by atoms with E-state index < -0.39 is 34.7 Å². The van der Waals surface area contributed by atoms with Crippen molar-refractivity contribution in [3.05, 3.63) is 22.2 Å². The third-order valence-corrected chi connectivity index (χ3v) is 5.84. The van der Waals surface area contributed by atoms with Crippen LogP contribution in [0.1, 0.15) is 25.3 Å². The molecule has 0 aromatic heterocycles. The molecule has 130 valence electrons. The van der Waals surface area contributed by atoms with Crippen molar-refractivity contribution in [1.29, 1.82) is 0 Å². The fourth-order valence-corrected chi connectivity index (χ4v) is 4.52. The Morgan fingerprint density at radius 1 is 1.29 bits per heavy atom. The van der Waals surface area contributed by atoms with Crippen LogP contribution in [0.15, 0.2) is 21.5 Å². The number of rotatable bonds is 5. The zero-order valence-corrected chi connectivity index (χ0v) is 15.1. The third kappa shape index (κ3) is 3.93. The summed E-state index contributed by atoms with van der Waals surface area (Å²) in [5.41, 5.74) is 1.32. The molecular formula is C14H15BrN2O6S. The van der Waals surface area contributed by atoms with Gasteiger partial charge in [0.1, 0.15) is 4.90 Å². The SMILES string of the molecule is CC(=O)N1CCc2cc(Br)c(S(=O)(=O)NC(=O)CCC(=O)O)cc21. The molecule has 1 aromatic carbocycles. The first-order valence-corrected chi connectivity index (χ1v) is 9.27. The fraction of sp³-hybridized carbons (Fsp3) is 0.357. The van der Waals surface area contributed by atoms with E-state index in [1.807, 2.05) is 4.72 Å². The molecule has 1 heterocycles. The number of hydrogen-bond donors (Lipinski definition) is 2. The number of fused-ring (bicyclic) bond motifs is 1. The van der Waals surface area contributed by atoms with Crippen LogP contribution in [0.4, 0.5) is 5.69 Å². The van der Waals surface area contributed by atoms with Gasteiger partial charge in [-0.15, -0.1) is 0 Å². The van der Waals surface area contributed by atoms with Crippen LogP contribution in [-0.2, 0) is 30.8 Å². The van der Waals surface area contributed by atoms with Crippen LogP contribution in [0.2, 0.25) is 0 Å². The van der Waals surface area contributed by atoms with Crippen molar-refractivity contribution >= 4 is 49.4 Å². The van der Waals surface area contributed by atoms with Gasteiger partial charge in [0.25, 0.3) is 10.0 Å². The topological polar surface area (TPSA) is 121 Å². The van der Waals surface area contributed by atoms with Gasteiger partial charge in [-0.2, -0.15) is 0 Å². The van der Waals surface area contributed by atoms with Gasteiger partial charge in [-0.25, -0.2) is 13.1 Å². The number of carbonyl (C=O) groups is 3. The van der Waals surface area contributed by atoms with Gasteiger partial charge in [-0.05, 0) is 40.0 Å². The number of hydrogen-bond acceptors (Lipinski definition) is 5. The number of amides is 2. The highest BCUT2D eigenvalue weighted by Gasteiger charge is 2.28. The lowest BCUT2D eigenvalue weighted by atomic mass is 10.2. The highest BCUT2D eigenvalue weighted by Crippen LogP contribution is 2.35. The quantitative estimate of drug-likeness (QED) is 0.736. The molecule has 24 heavy (non-hydrogen) atoms. The Hall–Kier alpha value is -1.94. The predicted molar refractivity (Wildman–Crippen MR) is 88.1 cm³/mol. The van der Waals surface area contributed by atoms with Gasteiger partial charge < -0.3 is 10.0 Å². The Labute approximate surface area is 147 Å². The Morgan fingerprint density at radius 3 is 2.54 bits per heavy atom. The highest BCUT2D eigenvalue weighted by molar-refractivity contribution is 9.10. The molecule has 0 radical (unpaired) electrons. The summed E-state index contributed by atoms with van der Waals surface area (Å²) in [6, 6.07) is 2.94. The lowest BCUT2D eigenvalue weighted by molar-refractivity contribution is -0.138. The second kappa shape index (κ2) is 6.89. The van der Waals surface area contributed by atoms with E-state index in [1.54, 1.807) is 6.07 Å². The number of carbonyl (C=O) groups excluding carboxylic acids is 2. The van der Waals surface area contributed by atoms with Gasteiger partial charge >= 0.3 is 5.97 Å². The van der Waals surface area contributed by atoms with Gasteiger partial charge in [0, 0.05) is 30.0 Å². The largest absolute Gasteiger partial charge is 0.481 e. The first-order valence-electron chi connectivity index (χ1n) is 7.00. The zero-order valence-electron chi connectivity index (χ0n) is 12.7. The van der Waals surface area contributed by atoms with E-state index in [0.717, 1.165) is 5.56 Å². The Morgan fingerprint density at radius 2 is 1.96 bits per heavy atom. The van der Waals surface area contributed by atoms with Gasteiger partial charge in [-0.1, -0.05) is 0 Å². The van der Waals surface area contributed by atoms with E-state index in [0.29, 0.717) is 18.7 Å². The van der Waals surface area contributed by atoms with Crippen LogP contribution in [0.3, 0.4) is 0 Å². The minimum atomic E-state index is -4.19. The summed E-state index contributed by atoms with van der Waals surface area (Å²) >= 11 is 3.17. The molecular weight excluding hydrogens is 404 g/mol. The van der Waals surface area contributed by atoms with Crippen molar-refractivity contribution < 1.29 is 27.9 Å². The smallest absolute Gasteiger partial charge is 0.303 e. The van der Waals surface area contributed by atoms with Gasteiger partial charge in [0.2, 0.25) is 11.8 Å². The van der Waals surface area contributed by atoms with E-state index in [4.69, 9.17) is 5.11 Å². The molecule has 0 atom stereocenters. The van der Waals surface area contributed by atoms with Crippen LogP contribution in [-0.4, -0.2) is 37.9 Å². The maximum Gasteiger partial charge on any atom is 0.303 e. The van der Waals surface area contributed by atoms with Crippen LogP contribution in [0.25, 0.3) is 0 Å². The van der Waals surface area contributed by atoms with Crippen molar-refractivity contribution in [2.75, 3.05) is 11.4 Å². The van der Waals surface area contributed by atoms with E-state index in [9.17, 15) is 22.8 Å². The summed E-state index contributed by atoms with van der Waals surface area (Å²) in [4.78, 5) is 35.0. The number of sulfonamides is 1. The fourth-order valence-electron chi connectivity index (χ4n) is 2.40. The van der Waals surface area contributed by atoms with Crippen LogP contribution >= 0.6 is 15.9 Å². The number of aliphatic carboxylic acids is 1. The molecule has 0 unspecified atom stereocenters. The summed E-state index contributed by atoms with van der Waals surface area (Å²) < 4.78 is 26.9. The number of carboxylic acid groups (broad SMARTS) is 1. The molecule has 10 heteroatoms. The second-order valence-corrected chi connectivity index (χ2v) is 7.76. The first kappa shape index (κ1) is 18.4. The summed E-state index contributed by atoms with van der Waals surface area (Å²) in [7, 11) is -4.19. The molecule has 8 nitrogen and oxygen atoms in total. The molecule has 1 aliphatic rings. The van der Waals surface area contributed by atoms with E-state index in [1.165, 1.54) is 17.9 Å². The summed E-state index contributed by atoms with van der Waals surface area (Å²) in [5.74, 6) is -2.31. The molecule has 0 saturated carbocycles. The summed E-state index contributed by atoms with van der Waals surface area (Å²) in [5, 5.41) is 8.53. The molecule has 0 fully saturated rings. The van der Waals surface area contributed by atoms with E-state index >= 15 is 0 Å². The summed E-state index contributed by atoms with van der Waals surface area (Å²) in [6.45, 7) is 1.85. The molecule has 0 saturated heterocycles. The molecule has 0 spiro atoms. The zero-order chi connectivity index (χ0) is 18.1. The Bertz CT molecular complexity index is 821. The standard InChI is InChI=1S/C14H15BrN2O6S/c1-8(18)17-5-4-9-6-10(15)12(7-11(9)17)24(22,23)16-13(19)2-3-14(20)21/h6-7H,2-5H2,1H3,(H,16,19)(H,20,21). The van der Waals surface area contributed by atoms with E-state index in [2.05, 4.69) is 15.9 Å². The van der Waals surface area contributed by atoms with Crippen molar-refractivity contribution in [1.82, 2.24) is 4.72 Å². The minimum Gasteiger partial charge on any atom is -0.481 e. The molecule has 1 aliphatic heterocycles. The number of carboxylic acids is 1. The van der Waals surface area contributed by atoms with Crippen LogP contribution < -0.4 is 9.62 Å². The Kier molecular flexibility index (Phi) is 5.29. The van der Waals surface area contributed by atoms with Crippen molar-refractivity contribution in [3.8, 4) is 0 Å². The number of halogens is 1. The van der Waals surface area contributed by atoms with Crippen LogP contribution in [0, 0.1) is 0 Å². The highest BCUT2D eigenvalue weighted by atomic mass is 79.9. The number of benzene rings is 1. The van der Waals surface area contributed by atoms with Gasteiger partial charge in [0.15, 0.2) is 0 Å². The predicted octanol–water partition coefficient (Wildman–Crippen LogP) is 1.03. The molecule has 2 rings (SSSR count). The average molecular weight is 419 g/mol. The van der Waals surface area contributed by atoms with Crippen molar-refractivity contribution in [2.24, 2.45) is 0 Å². The lowest BCUT2D eigenvalue weighted by Crippen LogP contribution is -2.31. The first-order chi connectivity index (χ1) is 11.1. The Balaban J connectivity index is 2.31. The van der Waals surface area contributed by atoms with Gasteiger partial charge in [0.05, 0.1) is 6.42 Å². The molecule has 1 aromatic rings. The maximum atomic E-state index is 12.4. The molecule has 2 N–H and O–H groups in total. The third-order valence-electron chi connectivity index (χ3n) is 3.51. The van der Waals surface area contributed by atoms with Gasteiger partial charge in [-0.3, -0.25) is 14.4 Å². The molecule has 0 aliphatic carbocycles. The number of anilines is 1. The molecule has 2 amide bonds. The number of nitrogens with one attached hydrogen (secondary N) is 1. The van der Waals surface area contributed by atoms with E-state index in [-0.39, 0.29) is 15.3 Å². The second-order valence-electron chi connectivity index (χ2n) is 5.25. The normalized spacial score (nSPS) is 13.5. The minimum absolute atomic E-state index is 0.182. The lowest BCUT2D eigenvalue weighted by Gasteiger charge is -2.16. The molecule has 0 bridgehead atoms. The maximum absolute atomic E-state index is 12.4. The van der Waals surface area contributed by atoms with Crippen molar-refractivity contribution in [2.45, 2.75) is 31.1 Å². The van der Waals surface area contributed by atoms with Crippen molar-refractivity contribution in [3.63, 3.8) is 0 Å². The average Bonchev–Trinajstić information content (AvgIpc) is 2.86. The monoisotopic (exact) mass is 418 g/mol. The number of nitrogens with zero attached hydrogens (tertiary/aromatic N) is 1. The summed E-state index contributed by atoms with van der Waals surface area (Å²) in [6.07, 6.45) is -0.305.